The van der Waals surface area contributed by atoms with E-state index in [9.17, 15) is 8.78 Å². The highest BCUT2D eigenvalue weighted by Gasteiger charge is 2.17. The summed E-state index contributed by atoms with van der Waals surface area (Å²) in [7, 11) is 0. The van der Waals surface area contributed by atoms with Crippen LogP contribution in [0.5, 0.6) is 0 Å². The van der Waals surface area contributed by atoms with Gasteiger partial charge in [0.2, 0.25) is 0 Å². The maximum absolute atomic E-state index is 14.0. The molecule has 0 radical (unpaired) electrons. The minimum Gasteiger partial charge on any atom is -0.337 e. The molecule has 2 heterocycles. The van der Waals surface area contributed by atoms with Gasteiger partial charge < -0.3 is 5.32 Å². The van der Waals surface area contributed by atoms with Gasteiger partial charge in [-0.1, -0.05) is 24.3 Å². The van der Waals surface area contributed by atoms with E-state index in [1.807, 2.05) is 6.92 Å². The first kappa shape index (κ1) is 15.7. The van der Waals surface area contributed by atoms with Crippen molar-refractivity contribution in [3.8, 4) is 11.1 Å². The highest BCUT2D eigenvalue weighted by molar-refractivity contribution is 7.19. The van der Waals surface area contributed by atoms with E-state index in [2.05, 4.69) is 15.3 Å². The maximum Gasteiger partial charge on any atom is 0.146 e. The van der Waals surface area contributed by atoms with Crippen LogP contribution in [0.25, 0.3) is 21.3 Å². The Labute approximate surface area is 147 Å². The molecule has 25 heavy (non-hydrogen) atoms. The van der Waals surface area contributed by atoms with Crippen molar-refractivity contribution in [1.82, 2.24) is 9.97 Å². The number of aromatic nitrogens is 2. The molecule has 0 aliphatic rings. The second-order valence-corrected chi connectivity index (χ2v) is 6.75. The molecule has 0 bridgehead atoms. The van der Waals surface area contributed by atoms with Crippen LogP contribution in [0.4, 0.5) is 20.3 Å². The summed E-state index contributed by atoms with van der Waals surface area (Å²) in [5.41, 5.74) is 2.15. The average Bonchev–Trinajstić information content (AvgIpc) is 2.95. The van der Waals surface area contributed by atoms with E-state index in [0.717, 1.165) is 26.2 Å². The van der Waals surface area contributed by atoms with Crippen molar-refractivity contribution >= 4 is 33.1 Å². The number of hydrogen-bond donors (Lipinski definition) is 1. The van der Waals surface area contributed by atoms with Crippen molar-refractivity contribution in [2.24, 2.45) is 0 Å². The summed E-state index contributed by atoms with van der Waals surface area (Å²) in [6.07, 6.45) is 1.45. The molecular weight excluding hydrogens is 340 g/mol. The fourth-order valence-electron chi connectivity index (χ4n) is 2.79. The fraction of sp³-hybridized carbons (Fsp3) is 0.0526. The molecule has 0 spiro atoms. The van der Waals surface area contributed by atoms with Gasteiger partial charge in [0.15, 0.2) is 0 Å². The topological polar surface area (TPSA) is 37.8 Å². The Morgan fingerprint density at radius 3 is 2.48 bits per heavy atom. The zero-order valence-corrected chi connectivity index (χ0v) is 14.1. The number of hydrogen-bond acceptors (Lipinski definition) is 4. The molecule has 0 aliphatic heterocycles. The normalized spacial score (nSPS) is 11.0. The van der Waals surface area contributed by atoms with Gasteiger partial charge in [-0.2, -0.15) is 0 Å². The van der Waals surface area contributed by atoms with Crippen LogP contribution in [0.2, 0.25) is 0 Å². The third-order valence-electron chi connectivity index (χ3n) is 3.92. The molecule has 0 unspecified atom stereocenters. The molecular formula is C19H13F2N3S. The summed E-state index contributed by atoms with van der Waals surface area (Å²) < 4.78 is 27.3. The number of aryl methyl sites for hydroxylation is 1. The minimum atomic E-state index is -0.357. The zero-order chi connectivity index (χ0) is 17.4. The molecule has 0 saturated carbocycles. The molecule has 2 aromatic heterocycles. The molecule has 0 fully saturated rings. The van der Waals surface area contributed by atoms with Gasteiger partial charge in [-0.3, -0.25) is 0 Å². The van der Waals surface area contributed by atoms with Crippen LogP contribution in [0.15, 0.2) is 54.9 Å². The Bertz CT molecular complexity index is 1060. The van der Waals surface area contributed by atoms with Crippen molar-refractivity contribution < 1.29 is 8.78 Å². The lowest BCUT2D eigenvalue weighted by atomic mass is 10.0. The number of halogens is 2. The predicted octanol–water partition coefficient (Wildman–Crippen LogP) is 5.69. The van der Waals surface area contributed by atoms with E-state index < -0.39 is 0 Å². The van der Waals surface area contributed by atoms with E-state index in [-0.39, 0.29) is 11.6 Å². The number of rotatable bonds is 3. The van der Waals surface area contributed by atoms with Crippen molar-refractivity contribution in [2.75, 3.05) is 5.32 Å². The molecule has 3 nitrogen and oxygen atoms in total. The molecule has 6 heteroatoms. The van der Waals surface area contributed by atoms with Crippen LogP contribution < -0.4 is 5.32 Å². The van der Waals surface area contributed by atoms with Crippen LogP contribution in [0.3, 0.4) is 0 Å². The highest BCUT2D eigenvalue weighted by atomic mass is 32.1. The molecule has 0 atom stereocenters. The van der Waals surface area contributed by atoms with Gasteiger partial charge in [-0.25, -0.2) is 18.7 Å². The quantitative estimate of drug-likeness (QED) is 0.514. The number of nitrogens with one attached hydrogen (secondary N) is 1. The first-order valence-electron chi connectivity index (χ1n) is 7.65. The van der Waals surface area contributed by atoms with Gasteiger partial charge in [0.1, 0.15) is 28.6 Å². The third-order valence-corrected chi connectivity index (χ3v) is 4.94. The Balaban J connectivity index is 1.91. The lowest BCUT2D eigenvalue weighted by Gasteiger charge is -2.09. The molecule has 2 aromatic carbocycles. The number of nitrogens with zero attached hydrogens (tertiary/aromatic N) is 2. The predicted molar refractivity (Wildman–Crippen MR) is 97.2 cm³/mol. The summed E-state index contributed by atoms with van der Waals surface area (Å²) in [6.45, 7) is 1.98. The summed E-state index contributed by atoms with van der Waals surface area (Å²) in [5, 5.41) is 3.86. The van der Waals surface area contributed by atoms with E-state index in [1.165, 1.54) is 35.9 Å². The molecule has 4 aromatic rings. The summed E-state index contributed by atoms with van der Waals surface area (Å²) >= 11 is 1.53. The molecule has 0 saturated heterocycles. The first-order valence-corrected chi connectivity index (χ1v) is 8.47. The number of para-hydroxylation sites is 1. The van der Waals surface area contributed by atoms with Crippen molar-refractivity contribution in [2.45, 2.75) is 6.92 Å². The summed E-state index contributed by atoms with van der Waals surface area (Å²) in [4.78, 5) is 10.5. The van der Waals surface area contributed by atoms with Crippen LogP contribution in [-0.2, 0) is 0 Å². The second kappa shape index (κ2) is 6.22. The zero-order valence-electron chi connectivity index (χ0n) is 13.3. The van der Waals surface area contributed by atoms with E-state index in [0.29, 0.717) is 11.5 Å². The molecule has 0 amide bonds. The van der Waals surface area contributed by atoms with Gasteiger partial charge in [0.25, 0.3) is 0 Å². The average molecular weight is 353 g/mol. The number of benzene rings is 2. The van der Waals surface area contributed by atoms with Crippen LogP contribution in [0.1, 0.15) is 4.88 Å². The summed E-state index contributed by atoms with van der Waals surface area (Å²) in [5.74, 6) is -0.120. The van der Waals surface area contributed by atoms with E-state index in [4.69, 9.17) is 0 Å². The van der Waals surface area contributed by atoms with Gasteiger partial charge >= 0.3 is 0 Å². The van der Waals surface area contributed by atoms with Crippen LogP contribution in [0, 0.1) is 18.6 Å². The Morgan fingerprint density at radius 1 is 0.960 bits per heavy atom. The monoisotopic (exact) mass is 353 g/mol. The Morgan fingerprint density at radius 2 is 1.72 bits per heavy atom. The largest absolute Gasteiger partial charge is 0.337 e. The van der Waals surface area contributed by atoms with Gasteiger partial charge in [-0.05, 0) is 36.8 Å². The lowest BCUT2D eigenvalue weighted by molar-refractivity contribution is 0.628. The third kappa shape index (κ3) is 2.85. The Kier molecular flexibility index (Phi) is 3.89. The standard InChI is InChI=1S/C19H13F2N3S/c1-11-16(12-6-8-13(20)9-7-12)17-18(22-10-23-19(17)25-11)24-15-5-3-2-4-14(15)21/h2-10H,1H3,(H,22,23,24). The van der Waals surface area contributed by atoms with Crippen LogP contribution >= 0.6 is 11.3 Å². The molecule has 0 aliphatic carbocycles. The van der Waals surface area contributed by atoms with Crippen molar-refractivity contribution in [3.63, 3.8) is 0 Å². The van der Waals surface area contributed by atoms with Crippen molar-refractivity contribution in [1.29, 1.82) is 0 Å². The number of anilines is 2. The lowest BCUT2D eigenvalue weighted by Crippen LogP contribution is -1.97. The highest BCUT2D eigenvalue weighted by Crippen LogP contribution is 2.41. The molecule has 124 valence electrons. The minimum absolute atomic E-state index is 0.290. The second-order valence-electron chi connectivity index (χ2n) is 5.55. The first-order chi connectivity index (χ1) is 12.1. The smallest absolute Gasteiger partial charge is 0.146 e. The van der Waals surface area contributed by atoms with Crippen molar-refractivity contribution in [3.05, 3.63) is 71.4 Å². The number of thiophene rings is 1. The Hall–Kier alpha value is -2.86. The van der Waals surface area contributed by atoms with E-state index in [1.54, 1.807) is 30.3 Å². The van der Waals surface area contributed by atoms with Gasteiger partial charge in [0, 0.05) is 10.4 Å². The van der Waals surface area contributed by atoms with Gasteiger partial charge in [-0.15, -0.1) is 11.3 Å². The maximum atomic E-state index is 14.0. The SMILES string of the molecule is Cc1sc2ncnc(Nc3ccccc3F)c2c1-c1ccc(F)cc1. The van der Waals surface area contributed by atoms with Gasteiger partial charge in [0.05, 0.1) is 11.1 Å². The summed E-state index contributed by atoms with van der Waals surface area (Å²) in [6, 6.07) is 12.7. The van der Waals surface area contributed by atoms with Crippen LogP contribution in [-0.4, -0.2) is 9.97 Å². The molecule has 4 rings (SSSR count). The fourth-order valence-corrected chi connectivity index (χ4v) is 3.81. The molecule has 1 N–H and O–H groups in total. The number of fused-ring (bicyclic) bond motifs is 1. The van der Waals surface area contributed by atoms with E-state index >= 15 is 0 Å².